The van der Waals surface area contributed by atoms with E-state index in [1.165, 1.54) is 11.6 Å². The number of para-hydroxylation sites is 2. The molecule has 0 bridgehead atoms. The highest BCUT2D eigenvalue weighted by Gasteiger charge is 2.36. The summed E-state index contributed by atoms with van der Waals surface area (Å²) in [6, 6.07) is 22.2. The molecule has 1 aliphatic heterocycles. The van der Waals surface area contributed by atoms with E-state index in [0.29, 0.717) is 24.0 Å². The minimum absolute atomic E-state index is 0.0118. The van der Waals surface area contributed by atoms with E-state index < -0.39 is 11.0 Å². The number of fused-ring (bicyclic) bond motifs is 1. The molecule has 5 rings (SSSR count). The molecular formula is C26H23N3O3. The smallest absolute Gasteiger partial charge is 0.269 e. The Hall–Kier alpha value is -3.93. The second-order valence-electron chi connectivity index (χ2n) is 8.43. The summed E-state index contributed by atoms with van der Waals surface area (Å²) in [6.45, 7) is 2.05. The number of carbonyl (C=O) groups excluding carboxylic acids is 1. The van der Waals surface area contributed by atoms with E-state index in [9.17, 15) is 14.9 Å². The molecule has 2 atom stereocenters. The van der Waals surface area contributed by atoms with Crippen molar-refractivity contribution in [2.45, 2.75) is 31.7 Å². The van der Waals surface area contributed by atoms with Crippen LogP contribution in [-0.4, -0.2) is 10.7 Å². The molecule has 1 heterocycles. The number of rotatable bonds is 3. The number of ketones is 1. The number of hydrogen-bond acceptors (Lipinski definition) is 5. The summed E-state index contributed by atoms with van der Waals surface area (Å²) in [5.74, 6) is 0.145. The van der Waals surface area contributed by atoms with Crippen LogP contribution in [0, 0.1) is 17.0 Å². The van der Waals surface area contributed by atoms with Gasteiger partial charge in [0, 0.05) is 29.8 Å². The van der Waals surface area contributed by atoms with E-state index in [1.54, 1.807) is 12.1 Å². The molecule has 6 nitrogen and oxygen atoms in total. The lowest BCUT2D eigenvalue weighted by molar-refractivity contribution is -0.384. The van der Waals surface area contributed by atoms with Crippen molar-refractivity contribution in [1.29, 1.82) is 0 Å². The number of nitrogens with zero attached hydrogens (tertiary/aromatic N) is 1. The second kappa shape index (κ2) is 7.96. The van der Waals surface area contributed by atoms with E-state index in [1.807, 2.05) is 30.3 Å². The maximum absolute atomic E-state index is 13.5. The van der Waals surface area contributed by atoms with Crippen molar-refractivity contribution < 1.29 is 9.72 Å². The molecule has 6 heteroatoms. The van der Waals surface area contributed by atoms with Crippen LogP contribution in [0.2, 0.25) is 0 Å². The Balaban J connectivity index is 1.61. The summed E-state index contributed by atoms with van der Waals surface area (Å²) in [7, 11) is 0. The van der Waals surface area contributed by atoms with Gasteiger partial charge in [0.1, 0.15) is 0 Å². The molecule has 2 N–H and O–H groups in total. The van der Waals surface area contributed by atoms with Gasteiger partial charge in [0.25, 0.3) is 5.69 Å². The Morgan fingerprint density at radius 1 is 0.906 bits per heavy atom. The number of anilines is 2. The Morgan fingerprint density at radius 2 is 1.66 bits per heavy atom. The molecule has 0 fully saturated rings. The molecular weight excluding hydrogens is 402 g/mol. The first-order valence-electron chi connectivity index (χ1n) is 10.7. The molecule has 1 aliphatic carbocycles. The molecule has 0 saturated carbocycles. The summed E-state index contributed by atoms with van der Waals surface area (Å²) < 4.78 is 0. The van der Waals surface area contributed by atoms with Gasteiger partial charge in [0.2, 0.25) is 0 Å². The van der Waals surface area contributed by atoms with Crippen LogP contribution in [0.5, 0.6) is 0 Å². The lowest BCUT2D eigenvalue weighted by Gasteiger charge is -2.30. The highest BCUT2D eigenvalue weighted by Crippen LogP contribution is 2.44. The van der Waals surface area contributed by atoms with Gasteiger partial charge in [-0.2, -0.15) is 0 Å². The Labute approximate surface area is 186 Å². The third-order valence-electron chi connectivity index (χ3n) is 6.27. The Bertz CT molecular complexity index is 1250. The van der Waals surface area contributed by atoms with E-state index in [-0.39, 0.29) is 17.4 Å². The number of Topliss-reactive ketones (excluding diaryl/α,β-unsaturated/α-hetero) is 1. The molecule has 0 amide bonds. The minimum Gasteiger partial charge on any atom is -0.372 e. The SMILES string of the molecule is Cc1ccc([C@@H]2CC(=O)C3=C(C2)Nc2ccccc2N[C@@H]3c2cccc([N+](=O)[O-])c2)cc1. The quantitative estimate of drug-likeness (QED) is 0.404. The van der Waals surface area contributed by atoms with Gasteiger partial charge in [-0.15, -0.1) is 0 Å². The lowest BCUT2D eigenvalue weighted by Crippen LogP contribution is -2.26. The predicted octanol–water partition coefficient (Wildman–Crippen LogP) is 5.88. The minimum atomic E-state index is -0.465. The van der Waals surface area contributed by atoms with E-state index in [4.69, 9.17) is 0 Å². The number of allylic oxidation sites excluding steroid dienone is 1. The zero-order valence-corrected chi connectivity index (χ0v) is 17.7. The van der Waals surface area contributed by atoms with Gasteiger partial charge >= 0.3 is 0 Å². The summed E-state index contributed by atoms with van der Waals surface area (Å²) >= 11 is 0. The number of benzene rings is 3. The van der Waals surface area contributed by atoms with Crippen LogP contribution in [0.3, 0.4) is 0 Å². The van der Waals surface area contributed by atoms with Gasteiger partial charge in [-0.1, -0.05) is 54.1 Å². The normalized spacial score (nSPS) is 19.8. The Kier molecular flexibility index (Phi) is 4.98. The summed E-state index contributed by atoms with van der Waals surface area (Å²) in [6.07, 6.45) is 1.11. The van der Waals surface area contributed by atoms with Gasteiger partial charge in [0.15, 0.2) is 5.78 Å². The van der Waals surface area contributed by atoms with Gasteiger partial charge in [-0.05, 0) is 42.5 Å². The van der Waals surface area contributed by atoms with Crippen LogP contribution in [0.4, 0.5) is 17.1 Å². The van der Waals surface area contributed by atoms with Crippen LogP contribution < -0.4 is 10.6 Å². The monoisotopic (exact) mass is 425 g/mol. The van der Waals surface area contributed by atoms with Gasteiger partial charge in [-0.25, -0.2) is 0 Å². The lowest BCUT2D eigenvalue weighted by atomic mass is 9.78. The molecule has 3 aromatic rings. The van der Waals surface area contributed by atoms with Crippen molar-refractivity contribution in [2.75, 3.05) is 10.6 Å². The Morgan fingerprint density at radius 3 is 2.41 bits per heavy atom. The number of nitro groups is 1. The third-order valence-corrected chi connectivity index (χ3v) is 6.27. The zero-order valence-electron chi connectivity index (χ0n) is 17.7. The highest BCUT2D eigenvalue weighted by atomic mass is 16.6. The number of carbonyl (C=O) groups is 1. The van der Waals surface area contributed by atoms with Crippen molar-refractivity contribution in [1.82, 2.24) is 0 Å². The number of aryl methyl sites for hydroxylation is 1. The van der Waals surface area contributed by atoms with E-state index >= 15 is 0 Å². The second-order valence-corrected chi connectivity index (χ2v) is 8.43. The first kappa shape index (κ1) is 20.0. The van der Waals surface area contributed by atoms with Crippen LogP contribution in [0.1, 0.15) is 41.5 Å². The highest BCUT2D eigenvalue weighted by molar-refractivity contribution is 6.01. The summed E-state index contributed by atoms with van der Waals surface area (Å²) in [5, 5.41) is 18.3. The third kappa shape index (κ3) is 3.64. The molecule has 0 saturated heterocycles. The molecule has 160 valence electrons. The first-order chi connectivity index (χ1) is 15.5. The maximum Gasteiger partial charge on any atom is 0.269 e. The molecule has 0 spiro atoms. The van der Waals surface area contributed by atoms with Gasteiger partial charge < -0.3 is 10.6 Å². The van der Waals surface area contributed by atoms with Crippen LogP contribution in [0.15, 0.2) is 84.1 Å². The fraction of sp³-hybridized carbons (Fsp3) is 0.192. The maximum atomic E-state index is 13.5. The fourth-order valence-electron chi connectivity index (χ4n) is 4.63. The van der Waals surface area contributed by atoms with Crippen molar-refractivity contribution in [3.8, 4) is 0 Å². The predicted molar refractivity (Wildman–Crippen MR) is 125 cm³/mol. The molecule has 2 aliphatic rings. The van der Waals surface area contributed by atoms with Crippen LogP contribution in [-0.2, 0) is 4.79 Å². The molecule has 0 unspecified atom stereocenters. The van der Waals surface area contributed by atoms with E-state index in [0.717, 1.165) is 22.6 Å². The largest absolute Gasteiger partial charge is 0.372 e. The zero-order chi connectivity index (χ0) is 22.2. The van der Waals surface area contributed by atoms with Crippen LogP contribution >= 0.6 is 0 Å². The average molecular weight is 425 g/mol. The number of non-ortho nitro benzene ring substituents is 1. The topological polar surface area (TPSA) is 84.3 Å². The first-order valence-corrected chi connectivity index (χ1v) is 10.7. The average Bonchev–Trinajstić information content (AvgIpc) is 2.96. The van der Waals surface area contributed by atoms with Gasteiger partial charge in [-0.3, -0.25) is 14.9 Å². The van der Waals surface area contributed by atoms with Crippen molar-refractivity contribution in [3.05, 3.63) is 111 Å². The number of nitro benzene ring substituents is 1. The molecule has 0 aromatic heterocycles. The number of nitrogens with one attached hydrogen (secondary N) is 2. The van der Waals surface area contributed by atoms with Gasteiger partial charge in [0.05, 0.1) is 22.3 Å². The van der Waals surface area contributed by atoms with Crippen molar-refractivity contribution in [3.63, 3.8) is 0 Å². The summed E-state index contributed by atoms with van der Waals surface area (Å²) in [5.41, 5.74) is 6.33. The molecule has 0 radical (unpaired) electrons. The molecule has 32 heavy (non-hydrogen) atoms. The van der Waals surface area contributed by atoms with E-state index in [2.05, 4.69) is 41.8 Å². The molecule has 3 aromatic carbocycles. The van der Waals surface area contributed by atoms with Crippen LogP contribution in [0.25, 0.3) is 0 Å². The van der Waals surface area contributed by atoms with Crippen molar-refractivity contribution in [2.24, 2.45) is 0 Å². The fourth-order valence-corrected chi connectivity index (χ4v) is 4.63. The van der Waals surface area contributed by atoms with Crippen molar-refractivity contribution >= 4 is 22.8 Å². The number of hydrogen-bond donors (Lipinski definition) is 2. The summed E-state index contributed by atoms with van der Waals surface area (Å²) in [4.78, 5) is 24.5. The standard InChI is InChI=1S/C26H23N3O3/c1-16-9-11-17(12-10-16)19-14-23-25(24(30)15-19)26(18-5-4-6-20(13-18)29(31)32)28-22-8-3-2-7-21(22)27-23/h2-13,19,26-28H,14-15H2,1H3/t19-,26+/m0/s1.